The van der Waals surface area contributed by atoms with Crippen molar-refractivity contribution in [2.45, 2.75) is 6.10 Å². The Hall–Kier alpha value is -0.760. The highest BCUT2D eigenvalue weighted by Gasteiger charge is 2.23. The molecule has 1 heterocycles. The van der Waals surface area contributed by atoms with Gasteiger partial charge in [-0.1, -0.05) is 12.2 Å². The smallest absolute Gasteiger partial charge is 0.234 e. The van der Waals surface area contributed by atoms with Gasteiger partial charge in [-0.15, -0.1) is 0 Å². The van der Waals surface area contributed by atoms with Crippen molar-refractivity contribution >= 4 is 23.1 Å². The lowest BCUT2D eigenvalue weighted by atomic mass is 10.2. The van der Waals surface area contributed by atoms with Gasteiger partial charge < -0.3 is 20.5 Å². The molecular weight excluding hydrogens is 242 g/mol. The summed E-state index contributed by atoms with van der Waals surface area (Å²) < 4.78 is 10.2. The first-order valence-electron chi connectivity index (χ1n) is 5.52. The molecule has 6 nitrogen and oxygen atoms in total. The summed E-state index contributed by atoms with van der Waals surface area (Å²) in [5.41, 5.74) is 5.52. The van der Waals surface area contributed by atoms with Crippen molar-refractivity contribution in [2.24, 2.45) is 5.73 Å². The number of nitrogens with zero attached hydrogens (tertiary/aromatic N) is 1. The molecule has 3 N–H and O–H groups in total. The van der Waals surface area contributed by atoms with Crippen LogP contribution in [0.2, 0.25) is 0 Å². The molecule has 7 heteroatoms. The molecule has 1 atom stereocenters. The fourth-order valence-corrected chi connectivity index (χ4v) is 1.71. The van der Waals surface area contributed by atoms with Gasteiger partial charge in [-0.2, -0.15) is 0 Å². The van der Waals surface area contributed by atoms with Gasteiger partial charge in [-0.25, -0.2) is 0 Å². The van der Waals surface area contributed by atoms with Crippen molar-refractivity contribution in [2.75, 3.05) is 46.5 Å². The van der Waals surface area contributed by atoms with Gasteiger partial charge in [0.2, 0.25) is 5.91 Å². The van der Waals surface area contributed by atoms with Crippen molar-refractivity contribution in [3.8, 4) is 0 Å². The van der Waals surface area contributed by atoms with Gasteiger partial charge in [-0.3, -0.25) is 9.69 Å². The number of ether oxygens (including phenoxy) is 2. The molecule has 0 spiro atoms. The van der Waals surface area contributed by atoms with Gasteiger partial charge in [-0.05, 0) is 0 Å². The maximum Gasteiger partial charge on any atom is 0.234 e. The molecule has 1 aliphatic heterocycles. The Morgan fingerprint density at radius 3 is 3.12 bits per heavy atom. The van der Waals surface area contributed by atoms with Crippen LogP contribution in [0.1, 0.15) is 0 Å². The van der Waals surface area contributed by atoms with Crippen molar-refractivity contribution in [1.29, 1.82) is 0 Å². The highest BCUT2D eigenvalue weighted by molar-refractivity contribution is 7.80. The average molecular weight is 261 g/mol. The van der Waals surface area contributed by atoms with Crippen LogP contribution in [0.3, 0.4) is 0 Å². The third kappa shape index (κ3) is 5.40. The Bertz CT molecular complexity index is 276. The largest absolute Gasteiger partial charge is 0.391 e. The van der Waals surface area contributed by atoms with E-state index < -0.39 is 0 Å². The Labute approximate surface area is 106 Å². The van der Waals surface area contributed by atoms with E-state index in [1.165, 1.54) is 0 Å². The molecule has 0 bridgehead atoms. The first kappa shape index (κ1) is 14.3. The van der Waals surface area contributed by atoms with E-state index in [-0.39, 0.29) is 12.0 Å². The normalized spacial score (nSPS) is 21.1. The molecule has 17 heavy (non-hydrogen) atoms. The van der Waals surface area contributed by atoms with Crippen LogP contribution in [0.15, 0.2) is 0 Å². The Kier molecular flexibility index (Phi) is 6.35. The van der Waals surface area contributed by atoms with Crippen LogP contribution in [0.4, 0.5) is 0 Å². The first-order chi connectivity index (χ1) is 8.13. The molecule has 0 aromatic carbocycles. The fourth-order valence-electron chi connectivity index (χ4n) is 1.57. The molecule has 0 radical (unpaired) electrons. The molecular formula is C10H19N3O3S. The number of methoxy groups -OCH3 is 1. The molecule has 1 aliphatic rings. The molecule has 0 aliphatic carbocycles. The molecule has 0 aromatic rings. The maximum atomic E-state index is 11.5. The van der Waals surface area contributed by atoms with Gasteiger partial charge in [0.05, 0.1) is 19.8 Å². The Morgan fingerprint density at radius 1 is 1.71 bits per heavy atom. The van der Waals surface area contributed by atoms with E-state index in [1.807, 2.05) is 4.90 Å². The number of nitrogens with two attached hydrogens (primary N) is 1. The summed E-state index contributed by atoms with van der Waals surface area (Å²) in [5, 5.41) is 2.76. The van der Waals surface area contributed by atoms with Crippen LogP contribution in [0.5, 0.6) is 0 Å². The second-order valence-corrected chi connectivity index (χ2v) is 4.31. The van der Waals surface area contributed by atoms with E-state index >= 15 is 0 Å². The fraction of sp³-hybridized carbons (Fsp3) is 0.800. The van der Waals surface area contributed by atoms with Crippen molar-refractivity contribution < 1.29 is 14.3 Å². The molecule has 1 saturated heterocycles. The second-order valence-electron chi connectivity index (χ2n) is 3.84. The summed E-state index contributed by atoms with van der Waals surface area (Å²) in [6, 6.07) is 0. The third-order valence-corrected chi connectivity index (χ3v) is 2.73. The van der Waals surface area contributed by atoms with Gasteiger partial charge in [0.15, 0.2) is 0 Å². The number of carbonyl (C=O) groups excluding carboxylic acids is 1. The average Bonchev–Trinajstić information content (AvgIpc) is 2.29. The number of thiocarbonyl (C=S) groups is 1. The molecule has 0 aromatic heterocycles. The third-order valence-electron chi connectivity index (χ3n) is 2.46. The molecule has 1 rings (SSSR count). The minimum absolute atomic E-state index is 0.0226. The zero-order valence-corrected chi connectivity index (χ0v) is 10.8. The van der Waals surface area contributed by atoms with Crippen LogP contribution >= 0.6 is 12.2 Å². The van der Waals surface area contributed by atoms with Gasteiger partial charge >= 0.3 is 0 Å². The molecule has 1 unspecified atom stereocenters. The lowest BCUT2D eigenvalue weighted by molar-refractivity contribution is -0.123. The van der Waals surface area contributed by atoms with E-state index in [0.717, 1.165) is 6.54 Å². The standard InChI is InChI=1S/C10H19N3O3S/c1-15-4-2-12-9(14)7-13-3-5-16-8(6-13)10(11)17/h8H,2-7H2,1H3,(H2,11,17)(H,12,14). The summed E-state index contributed by atoms with van der Waals surface area (Å²) in [5.74, 6) is -0.0226. The monoisotopic (exact) mass is 261 g/mol. The highest BCUT2D eigenvalue weighted by atomic mass is 32.1. The zero-order valence-electron chi connectivity index (χ0n) is 9.98. The first-order valence-corrected chi connectivity index (χ1v) is 5.93. The maximum absolute atomic E-state index is 11.5. The lowest BCUT2D eigenvalue weighted by Crippen LogP contribution is -2.50. The minimum atomic E-state index is -0.245. The molecule has 0 saturated carbocycles. The van der Waals surface area contributed by atoms with E-state index in [1.54, 1.807) is 7.11 Å². The van der Waals surface area contributed by atoms with E-state index in [0.29, 0.717) is 37.8 Å². The van der Waals surface area contributed by atoms with Crippen molar-refractivity contribution in [1.82, 2.24) is 10.2 Å². The Morgan fingerprint density at radius 2 is 2.47 bits per heavy atom. The van der Waals surface area contributed by atoms with Crippen LogP contribution < -0.4 is 11.1 Å². The molecule has 1 fully saturated rings. The van der Waals surface area contributed by atoms with E-state index in [2.05, 4.69) is 5.32 Å². The zero-order chi connectivity index (χ0) is 12.7. The van der Waals surface area contributed by atoms with Gasteiger partial charge in [0, 0.05) is 26.7 Å². The lowest BCUT2D eigenvalue weighted by Gasteiger charge is -2.31. The SMILES string of the molecule is COCCNC(=O)CN1CCOC(C(N)=S)C1. The highest BCUT2D eigenvalue weighted by Crippen LogP contribution is 2.04. The minimum Gasteiger partial charge on any atom is -0.391 e. The van der Waals surface area contributed by atoms with Crippen LogP contribution in [0, 0.1) is 0 Å². The number of amides is 1. The Balaban J connectivity index is 2.26. The summed E-state index contributed by atoms with van der Waals surface area (Å²) >= 11 is 4.88. The molecule has 98 valence electrons. The number of rotatable bonds is 6. The topological polar surface area (TPSA) is 76.8 Å². The summed E-state index contributed by atoms with van der Waals surface area (Å²) in [7, 11) is 1.60. The number of morpholine rings is 1. The summed E-state index contributed by atoms with van der Waals surface area (Å²) in [6.45, 7) is 3.23. The van der Waals surface area contributed by atoms with Gasteiger partial charge in [0.1, 0.15) is 11.1 Å². The van der Waals surface area contributed by atoms with Gasteiger partial charge in [0.25, 0.3) is 0 Å². The van der Waals surface area contributed by atoms with Crippen LogP contribution in [-0.4, -0.2) is 68.4 Å². The molecule has 1 amide bonds. The van der Waals surface area contributed by atoms with E-state index in [9.17, 15) is 4.79 Å². The number of hydrogen-bond acceptors (Lipinski definition) is 5. The summed E-state index contributed by atoms with van der Waals surface area (Å²) in [4.78, 5) is 13.9. The van der Waals surface area contributed by atoms with E-state index in [4.69, 9.17) is 27.4 Å². The second kappa shape index (κ2) is 7.54. The predicted molar refractivity (Wildman–Crippen MR) is 67.9 cm³/mol. The number of carbonyl (C=O) groups is 1. The van der Waals surface area contributed by atoms with Crippen LogP contribution in [-0.2, 0) is 14.3 Å². The van der Waals surface area contributed by atoms with Crippen molar-refractivity contribution in [3.63, 3.8) is 0 Å². The van der Waals surface area contributed by atoms with Crippen molar-refractivity contribution in [3.05, 3.63) is 0 Å². The van der Waals surface area contributed by atoms with Crippen LogP contribution in [0.25, 0.3) is 0 Å². The number of nitrogens with one attached hydrogen (secondary N) is 1. The number of hydrogen-bond donors (Lipinski definition) is 2. The predicted octanol–water partition coefficient (Wildman–Crippen LogP) is -1.26. The summed E-state index contributed by atoms with van der Waals surface area (Å²) in [6.07, 6.45) is -0.245. The quantitative estimate of drug-likeness (QED) is 0.459.